The van der Waals surface area contributed by atoms with Crippen LogP contribution in [0.15, 0.2) is 89.7 Å². The molecule has 1 atom stereocenters. The highest BCUT2D eigenvalue weighted by Gasteiger charge is 2.20. The highest BCUT2D eigenvalue weighted by Crippen LogP contribution is 2.30. The van der Waals surface area contributed by atoms with Gasteiger partial charge in [-0.15, -0.1) is 0 Å². The van der Waals surface area contributed by atoms with Gasteiger partial charge in [-0.05, 0) is 36.8 Å². The number of esters is 1. The van der Waals surface area contributed by atoms with E-state index in [2.05, 4.69) is 10.3 Å². The number of para-hydroxylation sites is 1. The molecule has 0 aliphatic rings. The minimum absolute atomic E-state index is 0.148. The van der Waals surface area contributed by atoms with Gasteiger partial charge in [-0.25, -0.2) is 9.78 Å². The van der Waals surface area contributed by atoms with Gasteiger partial charge >= 0.3 is 5.97 Å². The van der Waals surface area contributed by atoms with Gasteiger partial charge in [-0.1, -0.05) is 72.3 Å². The van der Waals surface area contributed by atoms with Crippen LogP contribution < -0.4 is 10.9 Å². The van der Waals surface area contributed by atoms with Crippen LogP contribution in [-0.2, 0) is 4.74 Å². The van der Waals surface area contributed by atoms with Crippen molar-refractivity contribution in [3.8, 4) is 16.9 Å². The van der Waals surface area contributed by atoms with Crippen molar-refractivity contribution in [3.05, 3.63) is 112 Å². The minimum atomic E-state index is -0.444. The van der Waals surface area contributed by atoms with E-state index in [1.807, 2.05) is 67.6 Å². The number of rotatable bonds is 6. The summed E-state index contributed by atoms with van der Waals surface area (Å²) in [5.74, 6) is -0.296. The molecule has 0 aliphatic carbocycles. The van der Waals surface area contributed by atoms with Crippen LogP contribution >= 0.6 is 11.6 Å². The zero-order chi connectivity index (χ0) is 23.4. The molecule has 33 heavy (non-hydrogen) atoms. The third-order valence-corrected chi connectivity index (χ3v) is 5.54. The number of ether oxygens (including phenoxy) is 1. The molecule has 7 heteroatoms. The SMILES string of the molecule is COC(=O)c1ccc(-c2c(Cl)nc(N[C@@H](C)c3ccccc3)c(=O)n2-c2ccccc2)cc1. The predicted octanol–water partition coefficient (Wildman–Crippen LogP) is 5.51. The maximum absolute atomic E-state index is 13.6. The van der Waals surface area contributed by atoms with Crippen molar-refractivity contribution in [2.24, 2.45) is 0 Å². The number of nitrogens with one attached hydrogen (secondary N) is 1. The van der Waals surface area contributed by atoms with E-state index in [1.54, 1.807) is 24.3 Å². The van der Waals surface area contributed by atoms with Gasteiger partial charge < -0.3 is 10.1 Å². The van der Waals surface area contributed by atoms with Crippen molar-refractivity contribution in [2.75, 3.05) is 12.4 Å². The molecule has 1 aromatic heterocycles. The summed E-state index contributed by atoms with van der Waals surface area (Å²) in [6.07, 6.45) is 0. The summed E-state index contributed by atoms with van der Waals surface area (Å²) in [6, 6.07) is 25.5. The first kappa shape index (κ1) is 22.3. The maximum atomic E-state index is 13.6. The molecule has 0 fully saturated rings. The molecule has 0 saturated carbocycles. The van der Waals surface area contributed by atoms with Gasteiger partial charge in [-0.2, -0.15) is 0 Å². The van der Waals surface area contributed by atoms with E-state index in [4.69, 9.17) is 16.3 Å². The Morgan fingerprint density at radius 1 is 0.970 bits per heavy atom. The van der Waals surface area contributed by atoms with Crippen LogP contribution in [0.1, 0.15) is 28.9 Å². The lowest BCUT2D eigenvalue weighted by Gasteiger charge is -2.19. The van der Waals surface area contributed by atoms with Crippen molar-refractivity contribution in [2.45, 2.75) is 13.0 Å². The lowest BCUT2D eigenvalue weighted by Crippen LogP contribution is -2.26. The van der Waals surface area contributed by atoms with Gasteiger partial charge in [0.2, 0.25) is 0 Å². The number of halogens is 1. The standard InChI is InChI=1S/C26H22ClN3O3/c1-17(18-9-5-3-6-10-18)28-24-25(31)30(21-11-7-4-8-12-21)22(23(27)29-24)19-13-15-20(16-14-19)26(32)33-2/h3-17H,1-2H3,(H,28,29)/t17-/m0/s1. The number of hydrogen-bond donors (Lipinski definition) is 1. The summed E-state index contributed by atoms with van der Waals surface area (Å²) in [5.41, 5.74) is 2.80. The smallest absolute Gasteiger partial charge is 0.337 e. The van der Waals surface area contributed by atoms with Gasteiger partial charge in [0.05, 0.1) is 24.4 Å². The number of methoxy groups -OCH3 is 1. The average molecular weight is 460 g/mol. The molecule has 0 unspecified atom stereocenters. The molecule has 0 bridgehead atoms. The molecule has 0 saturated heterocycles. The molecule has 0 radical (unpaired) electrons. The first-order valence-electron chi connectivity index (χ1n) is 10.4. The molecule has 0 spiro atoms. The summed E-state index contributed by atoms with van der Waals surface area (Å²) < 4.78 is 6.30. The molecule has 0 amide bonds. The Bertz CT molecular complexity index is 1320. The summed E-state index contributed by atoms with van der Waals surface area (Å²) in [6.45, 7) is 1.96. The third-order valence-electron chi connectivity index (χ3n) is 5.28. The Kier molecular flexibility index (Phi) is 6.56. The van der Waals surface area contributed by atoms with E-state index in [-0.39, 0.29) is 22.6 Å². The summed E-state index contributed by atoms with van der Waals surface area (Å²) >= 11 is 6.65. The predicted molar refractivity (Wildman–Crippen MR) is 130 cm³/mol. The number of carbonyl (C=O) groups is 1. The van der Waals surface area contributed by atoms with Crippen LogP contribution in [0.2, 0.25) is 5.15 Å². The first-order valence-corrected chi connectivity index (χ1v) is 10.8. The van der Waals surface area contributed by atoms with Gasteiger partial charge in [0.25, 0.3) is 5.56 Å². The van der Waals surface area contributed by atoms with Gasteiger partial charge in [0.1, 0.15) is 0 Å². The average Bonchev–Trinajstić information content (AvgIpc) is 2.86. The maximum Gasteiger partial charge on any atom is 0.337 e. The zero-order valence-electron chi connectivity index (χ0n) is 18.2. The summed E-state index contributed by atoms with van der Waals surface area (Å²) in [5, 5.41) is 3.36. The van der Waals surface area contributed by atoms with Crippen molar-refractivity contribution in [3.63, 3.8) is 0 Å². The van der Waals surface area contributed by atoms with Gasteiger partial charge in [0.15, 0.2) is 11.0 Å². The third kappa shape index (κ3) is 4.66. The van der Waals surface area contributed by atoms with Gasteiger partial charge in [-0.3, -0.25) is 9.36 Å². The summed E-state index contributed by atoms with van der Waals surface area (Å²) in [7, 11) is 1.33. The lowest BCUT2D eigenvalue weighted by atomic mass is 10.1. The highest BCUT2D eigenvalue weighted by atomic mass is 35.5. The topological polar surface area (TPSA) is 73.2 Å². The Morgan fingerprint density at radius 3 is 2.18 bits per heavy atom. The Hall–Kier alpha value is -3.90. The second-order valence-corrected chi connectivity index (χ2v) is 7.78. The molecular formula is C26H22ClN3O3. The Labute approximate surface area is 196 Å². The van der Waals surface area contributed by atoms with E-state index in [0.29, 0.717) is 22.5 Å². The number of benzene rings is 3. The van der Waals surface area contributed by atoms with Crippen molar-refractivity contribution < 1.29 is 9.53 Å². The van der Waals surface area contributed by atoms with Crippen LogP contribution in [0.4, 0.5) is 5.82 Å². The number of nitrogens with zero attached hydrogens (tertiary/aromatic N) is 2. The zero-order valence-corrected chi connectivity index (χ0v) is 18.9. The molecule has 1 N–H and O–H groups in total. The second-order valence-electron chi connectivity index (χ2n) is 7.42. The molecule has 0 aliphatic heterocycles. The van der Waals surface area contributed by atoms with Crippen LogP contribution in [0.5, 0.6) is 0 Å². The molecule has 3 aromatic carbocycles. The van der Waals surface area contributed by atoms with E-state index in [9.17, 15) is 9.59 Å². The quantitative estimate of drug-likeness (QED) is 0.385. The number of anilines is 1. The number of hydrogen-bond acceptors (Lipinski definition) is 5. The van der Waals surface area contributed by atoms with Gasteiger partial charge in [0, 0.05) is 11.3 Å². The molecule has 166 valence electrons. The molecule has 4 rings (SSSR count). The normalized spacial score (nSPS) is 11.6. The van der Waals surface area contributed by atoms with E-state index < -0.39 is 5.97 Å². The first-order chi connectivity index (χ1) is 16.0. The molecule has 4 aromatic rings. The lowest BCUT2D eigenvalue weighted by molar-refractivity contribution is 0.0601. The Balaban J connectivity index is 1.85. The fourth-order valence-corrected chi connectivity index (χ4v) is 3.85. The summed E-state index contributed by atoms with van der Waals surface area (Å²) in [4.78, 5) is 29.8. The van der Waals surface area contributed by atoms with E-state index in [0.717, 1.165) is 5.56 Å². The van der Waals surface area contributed by atoms with Crippen LogP contribution in [0.3, 0.4) is 0 Å². The fourth-order valence-electron chi connectivity index (χ4n) is 3.58. The van der Waals surface area contributed by atoms with Crippen molar-refractivity contribution >= 4 is 23.4 Å². The van der Waals surface area contributed by atoms with Crippen LogP contribution in [0.25, 0.3) is 16.9 Å². The molecule has 6 nitrogen and oxygen atoms in total. The van der Waals surface area contributed by atoms with Crippen LogP contribution in [0, 0.1) is 0 Å². The molecular weight excluding hydrogens is 438 g/mol. The molecule has 1 heterocycles. The fraction of sp³-hybridized carbons (Fsp3) is 0.115. The van der Waals surface area contributed by atoms with E-state index >= 15 is 0 Å². The van der Waals surface area contributed by atoms with Crippen molar-refractivity contribution in [1.82, 2.24) is 9.55 Å². The monoisotopic (exact) mass is 459 g/mol. The second kappa shape index (κ2) is 9.71. The Morgan fingerprint density at radius 2 is 1.58 bits per heavy atom. The van der Waals surface area contributed by atoms with E-state index in [1.165, 1.54) is 11.7 Å². The van der Waals surface area contributed by atoms with Crippen LogP contribution in [-0.4, -0.2) is 22.6 Å². The minimum Gasteiger partial charge on any atom is -0.465 e. The number of carbonyl (C=O) groups excluding carboxylic acids is 1. The van der Waals surface area contributed by atoms with Crippen molar-refractivity contribution in [1.29, 1.82) is 0 Å². The number of aromatic nitrogens is 2. The largest absolute Gasteiger partial charge is 0.465 e. The highest BCUT2D eigenvalue weighted by molar-refractivity contribution is 6.32.